The Bertz CT molecular complexity index is 687. The van der Waals surface area contributed by atoms with Crippen LogP contribution in [0.1, 0.15) is 32.1 Å². The minimum atomic E-state index is 0.279. The van der Waals surface area contributed by atoms with E-state index in [0.29, 0.717) is 12.5 Å². The molecule has 3 saturated heterocycles. The molecule has 4 rings (SSSR count). The number of anilines is 1. The molecule has 0 bridgehead atoms. The fraction of sp³-hybridized carbons (Fsp3) is 0.696. The summed E-state index contributed by atoms with van der Waals surface area (Å²) in [7, 11) is 1.74. The maximum atomic E-state index is 12.8. The predicted octanol–water partition coefficient (Wildman–Crippen LogP) is 2.23. The number of hydrogen-bond donors (Lipinski definition) is 0. The highest BCUT2D eigenvalue weighted by atomic mass is 16.7. The minimum absolute atomic E-state index is 0.279. The number of ether oxygens (including phenoxy) is 1. The number of hydrogen-bond acceptors (Lipinski definition) is 6. The maximum Gasteiger partial charge on any atom is 0.224 e. The third kappa shape index (κ3) is 5.25. The molecule has 30 heavy (non-hydrogen) atoms. The standard InChI is InChI=1S/C23H36N4O3/c1-29-22-9-3-2-8-21(22)25-16-14-24(15-17-25)20-7-6-11-26(19-20)23(28)10-13-27-12-4-5-18-30-27/h2-3,8-9,20H,4-7,10-19H2,1H3. The number of benzene rings is 1. The van der Waals surface area contributed by atoms with Crippen molar-refractivity contribution in [2.45, 2.75) is 38.1 Å². The predicted molar refractivity (Wildman–Crippen MR) is 118 cm³/mol. The summed E-state index contributed by atoms with van der Waals surface area (Å²) in [6, 6.07) is 8.74. The van der Waals surface area contributed by atoms with E-state index < -0.39 is 0 Å². The second kappa shape index (κ2) is 10.5. The minimum Gasteiger partial charge on any atom is -0.495 e. The average molecular weight is 417 g/mol. The summed E-state index contributed by atoms with van der Waals surface area (Å²) in [5.41, 5.74) is 1.18. The molecule has 1 atom stereocenters. The summed E-state index contributed by atoms with van der Waals surface area (Å²) < 4.78 is 5.54. The van der Waals surface area contributed by atoms with E-state index >= 15 is 0 Å². The van der Waals surface area contributed by atoms with Crippen molar-refractivity contribution < 1.29 is 14.4 Å². The van der Waals surface area contributed by atoms with E-state index in [0.717, 1.165) is 77.6 Å². The van der Waals surface area contributed by atoms with Crippen LogP contribution in [0.3, 0.4) is 0 Å². The molecule has 1 unspecified atom stereocenters. The van der Waals surface area contributed by atoms with E-state index in [1.165, 1.54) is 18.5 Å². The number of nitrogens with zero attached hydrogens (tertiary/aromatic N) is 4. The molecule has 1 aromatic rings. The zero-order valence-electron chi connectivity index (χ0n) is 18.3. The van der Waals surface area contributed by atoms with Gasteiger partial charge in [-0.1, -0.05) is 12.1 Å². The number of hydroxylamine groups is 2. The first-order valence-corrected chi connectivity index (χ1v) is 11.5. The average Bonchev–Trinajstić information content (AvgIpc) is 2.83. The maximum absolute atomic E-state index is 12.8. The van der Waals surface area contributed by atoms with E-state index in [1.54, 1.807) is 7.11 Å². The number of likely N-dealkylation sites (tertiary alicyclic amines) is 1. The van der Waals surface area contributed by atoms with Crippen LogP contribution in [-0.2, 0) is 9.63 Å². The first kappa shape index (κ1) is 21.4. The normalized spacial score (nSPS) is 24.1. The molecule has 0 aliphatic carbocycles. The van der Waals surface area contributed by atoms with Crippen molar-refractivity contribution in [1.82, 2.24) is 14.9 Å². The number of amides is 1. The fourth-order valence-corrected chi connectivity index (χ4v) is 4.90. The molecule has 0 aromatic heterocycles. The Morgan fingerprint density at radius 1 is 1.07 bits per heavy atom. The molecular formula is C23H36N4O3. The third-order valence-electron chi connectivity index (χ3n) is 6.66. The molecular weight excluding hydrogens is 380 g/mol. The lowest BCUT2D eigenvalue weighted by atomic mass is 10.0. The smallest absolute Gasteiger partial charge is 0.224 e. The topological polar surface area (TPSA) is 48.5 Å². The van der Waals surface area contributed by atoms with Gasteiger partial charge < -0.3 is 14.5 Å². The lowest BCUT2D eigenvalue weighted by molar-refractivity contribution is -0.182. The van der Waals surface area contributed by atoms with Gasteiger partial charge in [0, 0.05) is 64.8 Å². The van der Waals surface area contributed by atoms with Crippen molar-refractivity contribution in [2.24, 2.45) is 0 Å². The first-order chi connectivity index (χ1) is 14.7. The van der Waals surface area contributed by atoms with E-state index in [9.17, 15) is 4.79 Å². The van der Waals surface area contributed by atoms with Crippen molar-refractivity contribution in [1.29, 1.82) is 0 Å². The largest absolute Gasteiger partial charge is 0.495 e. The van der Waals surface area contributed by atoms with Gasteiger partial charge in [0.25, 0.3) is 0 Å². The van der Waals surface area contributed by atoms with E-state index in [4.69, 9.17) is 9.57 Å². The van der Waals surface area contributed by atoms with Crippen LogP contribution in [0.15, 0.2) is 24.3 Å². The number of piperidine rings is 1. The van der Waals surface area contributed by atoms with Gasteiger partial charge in [0.15, 0.2) is 0 Å². The first-order valence-electron chi connectivity index (χ1n) is 11.5. The van der Waals surface area contributed by atoms with Crippen LogP contribution in [0.5, 0.6) is 5.75 Å². The number of carbonyl (C=O) groups is 1. The van der Waals surface area contributed by atoms with Crippen LogP contribution >= 0.6 is 0 Å². The Morgan fingerprint density at radius 2 is 1.90 bits per heavy atom. The quantitative estimate of drug-likeness (QED) is 0.709. The molecule has 166 valence electrons. The summed E-state index contributed by atoms with van der Waals surface area (Å²) in [4.78, 5) is 25.5. The molecule has 1 amide bonds. The van der Waals surface area contributed by atoms with E-state index in [1.807, 2.05) is 17.2 Å². The van der Waals surface area contributed by atoms with Gasteiger partial charge in [-0.3, -0.25) is 14.5 Å². The van der Waals surface area contributed by atoms with Crippen molar-refractivity contribution in [3.8, 4) is 5.75 Å². The zero-order chi connectivity index (χ0) is 20.8. The fourth-order valence-electron chi connectivity index (χ4n) is 4.90. The van der Waals surface area contributed by atoms with Gasteiger partial charge in [-0.25, -0.2) is 0 Å². The summed E-state index contributed by atoms with van der Waals surface area (Å²) in [5.74, 6) is 1.22. The number of methoxy groups -OCH3 is 1. The monoisotopic (exact) mass is 416 g/mol. The number of rotatable bonds is 6. The molecule has 0 saturated carbocycles. The lowest BCUT2D eigenvalue weighted by Crippen LogP contribution is -2.56. The van der Waals surface area contributed by atoms with Crippen LogP contribution < -0.4 is 9.64 Å². The summed E-state index contributed by atoms with van der Waals surface area (Å²) in [6.45, 7) is 8.30. The third-order valence-corrected chi connectivity index (χ3v) is 6.66. The number of piperazine rings is 1. The highest BCUT2D eigenvalue weighted by Gasteiger charge is 2.30. The molecule has 3 fully saturated rings. The SMILES string of the molecule is COc1ccccc1N1CCN(C2CCCN(C(=O)CCN3CCCCO3)C2)CC1. The number of carbonyl (C=O) groups excluding carboxylic acids is 1. The van der Waals surface area contributed by atoms with Gasteiger partial charge in [0.1, 0.15) is 5.75 Å². The Hall–Kier alpha value is -1.83. The van der Waals surface area contributed by atoms with Gasteiger partial charge in [-0.2, -0.15) is 5.06 Å². The Labute approximate surface area is 180 Å². The van der Waals surface area contributed by atoms with E-state index in [2.05, 4.69) is 26.8 Å². The Morgan fingerprint density at radius 3 is 2.67 bits per heavy atom. The van der Waals surface area contributed by atoms with Crippen LogP contribution in [0.4, 0.5) is 5.69 Å². The molecule has 0 radical (unpaired) electrons. The second-order valence-corrected chi connectivity index (χ2v) is 8.55. The van der Waals surface area contributed by atoms with Crippen LogP contribution in [0, 0.1) is 0 Å². The van der Waals surface area contributed by atoms with Crippen molar-refractivity contribution in [3.63, 3.8) is 0 Å². The summed E-state index contributed by atoms with van der Waals surface area (Å²) >= 11 is 0. The highest BCUT2D eigenvalue weighted by molar-refractivity contribution is 5.76. The summed E-state index contributed by atoms with van der Waals surface area (Å²) in [6.07, 6.45) is 5.15. The molecule has 1 aromatic carbocycles. The molecule has 7 nitrogen and oxygen atoms in total. The Kier molecular flexibility index (Phi) is 7.47. The molecule has 3 heterocycles. The van der Waals surface area contributed by atoms with Gasteiger partial charge in [-0.15, -0.1) is 0 Å². The molecule has 3 aliphatic rings. The second-order valence-electron chi connectivity index (χ2n) is 8.55. The van der Waals surface area contributed by atoms with Crippen molar-refractivity contribution in [2.75, 3.05) is 71.0 Å². The Balaban J connectivity index is 1.25. The molecule has 7 heteroatoms. The van der Waals surface area contributed by atoms with Crippen LogP contribution in [-0.4, -0.2) is 92.9 Å². The van der Waals surface area contributed by atoms with E-state index in [-0.39, 0.29) is 5.91 Å². The van der Waals surface area contributed by atoms with Gasteiger partial charge in [0.05, 0.1) is 19.4 Å². The van der Waals surface area contributed by atoms with Gasteiger partial charge in [-0.05, 0) is 37.8 Å². The van der Waals surface area contributed by atoms with Crippen LogP contribution in [0.2, 0.25) is 0 Å². The van der Waals surface area contributed by atoms with Crippen molar-refractivity contribution >= 4 is 11.6 Å². The van der Waals surface area contributed by atoms with Gasteiger partial charge >= 0.3 is 0 Å². The zero-order valence-corrected chi connectivity index (χ0v) is 18.3. The molecule has 0 N–H and O–H groups in total. The lowest BCUT2D eigenvalue weighted by Gasteiger charge is -2.44. The summed E-state index contributed by atoms with van der Waals surface area (Å²) in [5, 5.41) is 1.97. The van der Waals surface area contributed by atoms with Crippen LogP contribution in [0.25, 0.3) is 0 Å². The number of para-hydroxylation sites is 2. The molecule has 3 aliphatic heterocycles. The molecule has 0 spiro atoms. The van der Waals surface area contributed by atoms with Gasteiger partial charge in [0.2, 0.25) is 5.91 Å². The highest BCUT2D eigenvalue weighted by Crippen LogP contribution is 2.29. The van der Waals surface area contributed by atoms with Crippen molar-refractivity contribution in [3.05, 3.63) is 24.3 Å².